The van der Waals surface area contributed by atoms with E-state index in [-0.39, 0.29) is 12.2 Å². The van der Waals surface area contributed by atoms with Crippen LogP contribution in [0.4, 0.5) is 5.00 Å². The molecule has 2 rings (SSSR count). The highest BCUT2D eigenvalue weighted by Gasteiger charge is 2.13. The first-order valence-electron chi connectivity index (χ1n) is 4.36. The summed E-state index contributed by atoms with van der Waals surface area (Å²) >= 11 is 1.21. The van der Waals surface area contributed by atoms with Gasteiger partial charge in [-0.05, 0) is 6.92 Å². The topological polar surface area (TPSA) is 101 Å². The van der Waals surface area contributed by atoms with Gasteiger partial charge in [-0.25, -0.2) is 9.78 Å². The molecule has 0 bridgehead atoms. The van der Waals surface area contributed by atoms with Gasteiger partial charge in [0.1, 0.15) is 5.00 Å². The fraction of sp³-hybridized carbons (Fsp3) is 0.250. The van der Waals surface area contributed by atoms with Gasteiger partial charge in [-0.1, -0.05) is 5.16 Å². The Morgan fingerprint density at radius 1 is 1.69 bits per heavy atom. The monoisotopic (exact) mass is 240 g/mol. The van der Waals surface area contributed by atoms with Crippen molar-refractivity contribution < 1.29 is 14.4 Å². The summed E-state index contributed by atoms with van der Waals surface area (Å²) in [6, 6.07) is 0. The SMILES string of the molecule is Cc1noc(CNc2scnc2C(=O)O)n1. The maximum Gasteiger partial charge on any atom is 0.357 e. The maximum absolute atomic E-state index is 10.8. The fourth-order valence-corrected chi connectivity index (χ4v) is 1.76. The standard InChI is InChI=1S/C8H8N4O3S/c1-4-11-5(15-12-4)2-9-7-6(8(13)14)10-3-16-7/h3,9H,2H2,1H3,(H,13,14). The fourth-order valence-electron chi connectivity index (χ4n) is 1.09. The molecule has 0 aliphatic heterocycles. The first-order chi connectivity index (χ1) is 7.66. The van der Waals surface area contributed by atoms with Gasteiger partial charge in [-0.2, -0.15) is 4.98 Å². The molecule has 84 valence electrons. The van der Waals surface area contributed by atoms with Crippen LogP contribution in [-0.4, -0.2) is 26.2 Å². The van der Waals surface area contributed by atoms with E-state index in [0.29, 0.717) is 16.7 Å². The number of carboxylic acids is 1. The Balaban J connectivity index is 2.04. The van der Waals surface area contributed by atoms with Gasteiger partial charge in [0, 0.05) is 0 Å². The average Bonchev–Trinajstić information content (AvgIpc) is 2.83. The minimum absolute atomic E-state index is 0.00115. The lowest BCUT2D eigenvalue weighted by Crippen LogP contribution is -2.04. The van der Waals surface area contributed by atoms with Gasteiger partial charge < -0.3 is 14.9 Å². The predicted octanol–water partition coefficient (Wildman–Crippen LogP) is 1.14. The number of carboxylic acid groups (broad SMARTS) is 1. The smallest absolute Gasteiger partial charge is 0.357 e. The minimum Gasteiger partial charge on any atom is -0.476 e. The third-order valence-electron chi connectivity index (χ3n) is 1.74. The van der Waals surface area contributed by atoms with E-state index in [1.165, 1.54) is 16.8 Å². The lowest BCUT2D eigenvalue weighted by Gasteiger charge is -1.99. The van der Waals surface area contributed by atoms with Crippen molar-refractivity contribution in [3.63, 3.8) is 0 Å². The first-order valence-corrected chi connectivity index (χ1v) is 5.24. The van der Waals surface area contributed by atoms with Gasteiger partial charge >= 0.3 is 5.97 Å². The van der Waals surface area contributed by atoms with Gasteiger partial charge in [-0.3, -0.25) is 0 Å². The number of nitrogens with zero attached hydrogens (tertiary/aromatic N) is 3. The number of hydrogen-bond donors (Lipinski definition) is 2. The molecule has 0 unspecified atom stereocenters. The Hall–Kier alpha value is -1.96. The van der Waals surface area contributed by atoms with Crippen LogP contribution in [0, 0.1) is 6.92 Å². The number of thiazole rings is 1. The second-order valence-corrected chi connectivity index (χ2v) is 3.78. The normalized spacial score (nSPS) is 10.3. The highest BCUT2D eigenvalue weighted by molar-refractivity contribution is 7.14. The summed E-state index contributed by atoms with van der Waals surface area (Å²) in [6.45, 7) is 1.99. The Bertz CT molecular complexity index is 507. The van der Waals surface area contributed by atoms with Crippen LogP contribution in [0.15, 0.2) is 10.0 Å². The molecule has 2 aromatic rings. The van der Waals surface area contributed by atoms with Crippen molar-refractivity contribution in [2.45, 2.75) is 13.5 Å². The van der Waals surface area contributed by atoms with Crippen LogP contribution in [0.2, 0.25) is 0 Å². The first kappa shape index (κ1) is 10.6. The van der Waals surface area contributed by atoms with Crippen molar-refractivity contribution in [1.82, 2.24) is 15.1 Å². The van der Waals surface area contributed by atoms with E-state index >= 15 is 0 Å². The Labute approximate surface area is 94.1 Å². The van der Waals surface area contributed by atoms with E-state index in [4.69, 9.17) is 9.63 Å². The third kappa shape index (κ3) is 2.16. The summed E-state index contributed by atoms with van der Waals surface area (Å²) in [4.78, 5) is 18.5. The molecule has 0 spiro atoms. The molecule has 0 radical (unpaired) electrons. The molecule has 0 saturated heterocycles. The average molecular weight is 240 g/mol. The third-order valence-corrected chi connectivity index (χ3v) is 2.52. The summed E-state index contributed by atoms with van der Waals surface area (Å²) in [6.07, 6.45) is 0. The van der Waals surface area contributed by atoms with Crippen molar-refractivity contribution in [2.75, 3.05) is 5.32 Å². The van der Waals surface area contributed by atoms with Crippen molar-refractivity contribution in [2.24, 2.45) is 0 Å². The molecule has 16 heavy (non-hydrogen) atoms. The molecule has 0 aliphatic carbocycles. The number of anilines is 1. The molecular weight excluding hydrogens is 232 g/mol. The molecule has 0 saturated carbocycles. The van der Waals surface area contributed by atoms with E-state index in [2.05, 4.69) is 20.4 Å². The summed E-state index contributed by atoms with van der Waals surface area (Å²) < 4.78 is 4.88. The predicted molar refractivity (Wildman–Crippen MR) is 55.4 cm³/mol. The van der Waals surface area contributed by atoms with Crippen LogP contribution in [0.3, 0.4) is 0 Å². The number of aromatic carboxylic acids is 1. The number of hydrogen-bond acceptors (Lipinski definition) is 7. The zero-order valence-electron chi connectivity index (χ0n) is 8.30. The Morgan fingerprint density at radius 3 is 3.12 bits per heavy atom. The number of aromatic nitrogens is 3. The van der Waals surface area contributed by atoms with Gasteiger partial charge in [0.15, 0.2) is 11.5 Å². The summed E-state index contributed by atoms with van der Waals surface area (Å²) in [5.41, 5.74) is 1.46. The van der Waals surface area contributed by atoms with Crippen molar-refractivity contribution >= 4 is 22.3 Å². The van der Waals surface area contributed by atoms with Crippen LogP contribution >= 0.6 is 11.3 Å². The van der Waals surface area contributed by atoms with Crippen LogP contribution in [0.25, 0.3) is 0 Å². The van der Waals surface area contributed by atoms with Crippen molar-refractivity contribution in [1.29, 1.82) is 0 Å². The molecule has 0 atom stereocenters. The summed E-state index contributed by atoms with van der Waals surface area (Å²) in [5.74, 6) is -0.118. The second-order valence-electron chi connectivity index (χ2n) is 2.92. The largest absolute Gasteiger partial charge is 0.476 e. The van der Waals surface area contributed by atoms with Crippen molar-refractivity contribution in [3.05, 3.63) is 22.9 Å². The van der Waals surface area contributed by atoms with Gasteiger partial charge in [0.2, 0.25) is 5.89 Å². The summed E-state index contributed by atoms with van der Waals surface area (Å²) in [5, 5.41) is 15.8. The quantitative estimate of drug-likeness (QED) is 0.826. The van der Waals surface area contributed by atoms with E-state index in [0.717, 1.165) is 0 Å². The van der Waals surface area contributed by atoms with Crippen LogP contribution < -0.4 is 5.32 Å². The van der Waals surface area contributed by atoms with E-state index in [1.54, 1.807) is 6.92 Å². The molecule has 0 fully saturated rings. The van der Waals surface area contributed by atoms with Gasteiger partial charge in [-0.15, -0.1) is 11.3 Å². The van der Waals surface area contributed by atoms with Crippen LogP contribution in [0.1, 0.15) is 22.2 Å². The lowest BCUT2D eigenvalue weighted by atomic mass is 10.4. The number of aryl methyl sites for hydroxylation is 1. The van der Waals surface area contributed by atoms with Crippen LogP contribution in [0.5, 0.6) is 0 Å². The zero-order chi connectivity index (χ0) is 11.5. The molecule has 0 aliphatic rings. The van der Waals surface area contributed by atoms with E-state index in [9.17, 15) is 4.79 Å². The van der Waals surface area contributed by atoms with Crippen molar-refractivity contribution in [3.8, 4) is 0 Å². The Kier molecular flexibility index (Phi) is 2.82. The number of rotatable bonds is 4. The van der Waals surface area contributed by atoms with Crippen LogP contribution in [-0.2, 0) is 6.54 Å². The molecule has 2 N–H and O–H groups in total. The number of carbonyl (C=O) groups is 1. The molecule has 0 aromatic carbocycles. The molecular formula is C8H8N4O3S. The number of nitrogens with one attached hydrogen (secondary N) is 1. The highest BCUT2D eigenvalue weighted by atomic mass is 32.1. The van der Waals surface area contributed by atoms with Gasteiger partial charge in [0.25, 0.3) is 0 Å². The van der Waals surface area contributed by atoms with E-state index in [1.807, 2.05) is 0 Å². The highest BCUT2D eigenvalue weighted by Crippen LogP contribution is 2.20. The maximum atomic E-state index is 10.8. The van der Waals surface area contributed by atoms with Gasteiger partial charge in [0.05, 0.1) is 12.1 Å². The minimum atomic E-state index is -1.06. The molecule has 7 nitrogen and oxygen atoms in total. The zero-order valence-corrected chi connectivity index (χ0v) is 9.11. The molecule has 2 aromatic heterocycles. The lowest BCUT2D eigenvalue weighted by molar-refractivity contribution is 0.0692. The Morgan fingerprint density at radius 2 is 2.50 bits per heavy atom. The van der Waals surface area contributed by atoms with E-state index < -0.39 is 5.97 Å². The molecule has 8 heteroatoms. The molecule has 0 amide bonds. The second kappa shape index (κ2) is 4.27. The summed E-state index contributed by atoms with van der Waals surface area (Å²) in [7, 11) is 0. The molecule has 2 heterocycles.